The number of piperidine rings is 1. The molecule has 1 aromatic heterocycles. The topological polar surface area (TPSA) is 54.0 Å². The molecule has 0 radical (unpaired) electrons. The minimum atomic E-state index is -0.237. The summed E-state index contributed by atoms with van der Waals surface area (Å²) in [6.07, 6.45) is 5.42. The van der Waals surface area contributed by atoms with E-state index in [-0.39, 0.29) is 17.8 Å². The highest BCUT2D eigenvalue weighted by Gasteiger charge is 2.21. The predicted molar refractivity (Wildman–Crippen MR) is 85.6 cm³/mol. The number of nitrogens with one attached hydrogen (secondary N) is 2. The first-order valence-electron chi connectivity index (χ1n) is 7.44. The smallest absolute Gasteiger partial charge is 0.243 e. The van der Waals surface area contributed by atoms with Gasteiger partial charge in [0.25, 0.3) is 0 Å². The van der Waals surface area contributed by atoms with Crippen molar-refractivity contribution in [3.63, 3.8) is 0 Å². The molecule has 1 aliphatic heterocycles. The van der Waals surface area contributed by atoms with E-state index in [1.807, 2.05) is 6.07 Å². The highest BCUT2D eigenvalue weighted by atomic mass is 32.1. The zero-order valence-electron chi connectivity index (χ0n) is 12.1. The lowest BCUT2D eigenvalue weighted by Gasteiger charge is -2.21. The number of hydrogen-bond donors (Lipinski definition) is 2. The second-order valence-corrected chi connectivity index (χ2v) is 6.55. The van der Waals surface area contributed by atoms with Crippen LogP contribution in [0, 0.1) is 5.82 Å². The predicted octanol–water partition coefficient (Wildman–Crippen LogP) is 2.95. The van der Waals surface area contributed by atoms with Gasteiger partial charge in [0.1, 0.15) is 5.82 Å². The van der Waals surface area contributed by atoms with Crippen molar-refractivity contribution in [3.8, 4) is 0 Å². The van der Waals surface area contributed by atoms with Crippen molar-refractivity contribution < 1.29 is 9.18 Å². The van der Waals surface area contributed by atoms with Crippen LogP contribution in [0.4, 0.5) is 9.52 Å². The van der Waals surface area contributed by atoms with Gasteiger partial charge in [0.05, 0.1) is 6.04 Å². The Kier molecular flexibility index (Phi) is 4.80. The molecule has 1 saturated heterocycles. The molecule has 1 unspecified atom stereocenters. The maximum atomic E-state index is 13.2. The van der Waals surface area contributed by atoms with E-state index in [4.69, 9.17) is 0 Å². The van der Waals surface area contributed by atoms with Crippen LogP contribution in [0.25, 0.3) is 0 Å². The zero-order valence-corrected chi connectivity index (χ0v) is 13.0. The largest absolute Gasteiger partial charge is 0.306 e. The number of benzene rings is 1. The summed E-state index contributed by atoms with van der Waals surface area (Å²) in [4.78, 5) is 17.4. The molecule has 0 bridgehead atoms. The summed E-state index contributed by atoms with van der Waals surface area (Å²) in [5, 5.41) is 6.68. The van der Waals surface area contributed by atoms with Crippen LogP contribution in [0.5, 0.6) is 0 Å². The van der Waals surface area contributed by atoms with Gasteiger partial charge in [0, 0.05) is 17.5 Å². The van der Waals surface area contributed by atoms with Crippen LogP contribution in [0.15, 0.2) is 30.5 Å². The van der Waals surface area contributed by atoms with E-state index < -0.39 is 0 Å². The van der Waals surface area contributed by atoms with Crippen molar-refractivity contribution >= 4 is 22.4 Å². The Morgan fingerprint density at radius 2 is 2.36 bits per heavy atom. The summed E-state index contributed by atoms with van der Waals surface area (Å²) in [7, 11) is 0. The summed E-state index contributed by atoms with van der Waals surface area (Å²) < 4.78 is 13.2. The van der Waals surface area contributed by atoms with Gasteiger partial charge in [0.2, 0.25) is 5.91 Å². The Balaban J connectivity index is 1.60. The molecule has 0 spiro atoms. The number of carbonyl (C=O) groups is 1. The van der Waals surface area contributed by atoms with Gasteiger partial charge in [0.15, 0.2) is 5.13 Å². The van der Waals surface area contributed by atoms with Crippen LogP contribution in [0.2, 0.25) is 0 Å². The Bertz CT molecular complexity index is 652. The fourth-order valence-electron chi connectivity index (χ4n) is 2.56. The second kappa shape index (κ2) is 6.98. The molecule has 2 aromatic rings. The van der Waals surface area contributed by atoms with Crippen molar-refractivity contribution in [3.05, 3.63) is 46.7 Å². The molecule has 116 valence electrons. The Hall–Kier alpha value is -1.79. The van der Waals surface area contributed by atoms with Crippen LogP contribution < -0.4 is 10.6 Å². The molecule has 1 amide bonds. The summed E-state index contributed by atoms with van der Waals surface area (Å²) >= 11 is 1.43. The van der Waals surface area contributed by atoms with E-state index in [9.17, 15) is 9.18 Å². The Morgan fingerprint density at radius 3 is 3.14 bits per heavy atom. The number of hydrogen-bond acceptors (Lipinski definition) is 4. The van der Waals surface area contributed by atoms with Gasteiger partial charge >= 0.3 is 0 Å². The van der Waals surface area contributed by atoms with Crippen LogP contribution in [0.3, 0.4) is 0 Å². The summed E-state index contributed by atoms with van der Waals surface area (Å²) in [5.74, 6) is -0.259. The number of rotatable bonds is 4. The first-order valence-corrected chi connectivity index (χ1v) is 8.26. The molecule has 2 heterocycles. The van der Waals surface area contributed by atoms with E-state index >= 15 is 0 Å². The van der Waals surface area contributed by atoms with Crippen molar-refractivity contribution in [2.24, 2.45) is 0 Å². The van der Waals surface area contributed by atoms with Crippen molar-refractivity contribution in [1.29, 1.82) is 0 Å². The van der Waals surface area contributed by atoms with E-state index in [0.717, 1.165) is 36.2 Å². The third-order valence-corrected chi connectivity index (χ3v) is 4.59. The maximum absolute atomic E-state index is 13.2. The van der Waals surface area contributed by atoms with Gasteiger partial charge in [-0.05, 0) is 37.1 Å². The lowest BCUT2D eigenvalue weighted by Crippen LogP contribution is -2.43. The van der Waals surface area contributed by atoms with Gasteiger partial charge in [-0.15, -0.1) is 11.3 Å². The van der Waals surface area contributed by atoms with E-state index in [2.05, 4.69) is 15.6 Å². The van der Waals surface area contributed by atoms with Gasteiger partial charge in [-0.3, -0.25) is 4.79 Å². The number of amides is 1. The standard InChI is InChI=1S/C16H18FN3OS/c17-12-5-3-4-11(8-12)9-13-10-19-16(22-13)20-15(21)14-6-1-2-7-18-14/h3-5,8,10,14,18H,1-2,6-7,9H2,(H,19,20,21). The Morgan fingerprint density at radius 1 is 1.45 bits per heavy atom. The number of thiazole rings is 1. The van der Waals surface area contributed by atoms with Crippen LogP contribution in [-0.2, 0) is 11.2 Å². The molecule has 1 aromatic carbocycles. The molecule has 6 heteroatoms. The van der Waals surface area contributed by atoms with Crippen LogP contribution >= 0.6 is 11.3 Å². The number of aromatic nitrogens is 1. The van der Waals surface area contributed by atoms with Gasteiger partial charge < -0.3 is 10.6 Å². The number of halogens is 1. The maximum Gasteiger partial charge on any atom is 0.243 e. The average Bonchev–Trinajstić information content (AvgIpc) is 2.95. The second-order valence-electron chi connectivity index (χ2n) is 5.43. The van der Waals surface area contributed by atoms with Crippen molar-refractivity contribution in [1.82, 2.24) is 10.3 Å². The molecule has 22 heavy (non-hydrogen) atoms. The molecule has 2 N–H and O–H groups in total. The van der Waals surface area contributed by atoms with Gasteiger partial charge in [-0.25, -0.2) is 9.37 Å². The van der Waals surface area contributed by atoms with E-state index in [0.29, 0.717) is 11.6 Å². The molecule has 1 aliphatic rings. The number of nitrogens with zero attached hydrogens (tertiary/aromatic N) is 1. The highest BCUT2D eigenvalue weighted by molar-refractivity contribution is 7.15. The molecular formula is C16H18FN3OS. The fourth-order valence-corrected chi connectivity index (χ4v) is 3.41. The average molecular weight is 319 g/mol. The van der Waals surface area contributed by atoms with Gasteiger partial charge in [-0.2, -0.15) is 0 Å². The monoisotopic (exact) mass is 319 g/mol. The zero-order chi connectivity index (χ0) is 15.4. The lowest BCUT2D eigenvalue weighted by molar-refractivity contribution is -0.118. The normalized spacial score (nSPS) is 18.1. The summed E-state index contributed by atoms with van der Waals surface area (Å²) in [6, 6.07) is 6.41. The molecule has 1 atom stereocenters. The number of carbonyl (C=O) groups excluding carboxylic acids is 1. The minimum absolute atomic E-state index is 0.0219. The summed E-state index contributed by atoms with van der Waals surface area (Å²) in [5.41, 5.74) is 0.899. The lowest BCUT2D eigenvalue weighted by atomic mass is 10.0. The van der Waals surface area contributed by atoms with Gasteiger partial charge in [-0.1, -0.05) is 18.6 Å². The highest BCUT2D eigenvalue weighted by Crippen LogP contribution is 2.22. The van der Waals surface area contributed by atoms with Crippen molar-refractivity contribution in [2.45, 2.75) is 31.7 Å². The van der Waals surface area contributed by atoms with E-state index in [1.165, 1.54) is 23.5 Å². The molecule has 4 nitrogen and oxygen atoms in total. The SMILES string of the molecule is O=C(Nc1ncc(Cc2cccc(F)c2)s1)C1CCCCN1. The van der Waals surface area contributed by atoms with Crippen LogP contribution in [0.1, 0.15) is 29.7 Å². The first kappa shape index (κ1) is 15.1. The molecule has 0 saturated carbocycles. The third kappa shape index (κ3) is 3.90. The van der Waals surface area contributed by atoms with Crippen molar-refractivity contribution in [2.75, 3.05) is 11.9 Å². The number of anilines is 1. The fraction of sp³-hybridized carbons (Fsp3) is 0.375. The third-order valence-electron chi connectivity index (χ3n) is 3.68. The molecule has 1 fully saturated rings. The molecular weight excluding hydrogens is 301 g/mol. The Labute approximate surface area is 132 Å². The molecule has 3 rings (SSSR count). The van der Waals surface area contributed by atoms with E-state index in [1.54, 1.807) is 12.3 Å². The minimum Gasteiger partial charge on any atom is -0.306 e. The molecule has 0 aliphatic carbocycles. The summed E-state index contributed by atoms with van der Waals surface area (Å²) in [6.45, 7) is 0.890. The quantitative estimate of drug-likeness (QED) is 0.911. The first-order chi connectivity index (χ1) is 10.7. The van der Waals surface area contributed by atoms with Crippen LogP contribution in [-0.4, -0.2) is 23.5 Å².